The molecule has 0 radical (unpaired) electrons. The molecule has 2 heterocycles. The Hall–Kier alpha value is -0.100. The number of rotatable bonds is 2. The molecule has 2 saturated heterocycles. The molecule has 2 unspecified atom stereocenters. The van der Waals surface area contributed by atoms with Crippen molar-refractivity contribution < 1.29 is 9.47 Å². The molecular formula is C14H17Br2NO2. The molecule has 2 aliphatic heterocycles. The first-order valence-corrected chi connectivity index (χ1v) is 8.19. The molecule has 0 bridgehead atoms. The third-order valence-corrected chi connectivity index (χ3v) is 5.19. The Labute approximate surface area is 130 Å². The van der Waals surface area contributed by atoms with Gasteiger partial charge in [-0.05, 0) is 56.8 Å². The quantitative estimate of drug-likeness (QED) is 0.828. The summed E-state index contributed by atoms with van der Waals surface area (Å²) in [4.78, 5) is 0. The van der Waals surface area contributed by atoms with Gasteiger partial charge in [0.2, 0.25) is 0 Å². The van der Waals surface area contributed by atoms with Crippen LogP contribution in [0, 0.1) is 0 Å². The van der Waals surface area contributed by atoms with Crippen molar-refractivity contribution in [1.82, 2.24) is 0 Å². The van der Waals surface area contributed by atoms with E-state index in [4.69, 9.17) is 9.47 Å². The average molecular weight is 391 g/mol. The maximum absolute atomic E-state index is 5.97. The highest BCUT2D eigenvalue weighted by Gasteiger charge is 2.41. The topological polar surface area (TPSA) is 30.5 Å². The largest absolute Gasteiger partial charge is 0.380 e. The molecule has 5 heteroatoms. The van der Waals surface area contributed by atoms with Crippen molar-refractivity contribution in [3.05, 3.63) is 27.1 Å². The zero-order valence-corrected chi connectivity index (χ0v) is 13.8. The van der Waals surface area contributed by atoms with Gasteiger partial charge in [-0.2, -0.15) is 0 Å². The maximum atomic E-state index is 5.97. The van der Waals surface area contributed by atoms with Crippen LogP contribution in [0.1, 0.15) is 19.3 Å². The third-order valence-electron chi connectivity index (χ3n) is 3.87. The van der Waals surface area contributed by atoms with Crippen LogP contribution in [-0.4, -0.2) is 31.5 Å². The second-order valence-corrected chi connectivity index (χ2v) is 6.97. The number of nitrogens with one attached hydrogen (secondary N) is 1. The lowest BCUT2D eigenvalue weighted by Gasteiger charge is -2.38. The van der Waals surface area contributed by atoms with Crippen LogP contribution in [-0.2, 0) is 9.47 Å². The van der Waals surface area contributed by atoms with Crippen molar-refractivity contribution in [2.45, 2.75) is 30.9 Å². The Balaban J connectivity index is 1.73. The first kappa shape index (κ1) is 13.9. The second-order valence-electron chi connectivity index (χ2n) is 5.26. The van der Waals surface area contributed by atoms with Gasteiger partial charge in [-0.15, -0.1) is 0 Å². The molecule has 1 spiro atoms. The predicted octanol–water partition coefficient (Wildman–Crippen LogP) is 3.96. The zero-order valence-electron chi connectivity index (χ0n) is 10.6. The highest BCUT2D eigenvalue weighted by Crippen LogP contribution is 2.37. The number of hydrogen-bond donors (Lipinski definition) is 1. The Morgan fingerprint density at radius 2 is 2.00 bits per heavy atom. The van der Waals surface area contributed by atoms with Crippen molar-refractivity contribution in [3.63, 3.8) is 0 Å². The molecule has 3 nitrogen and oxygen atoms in total. The number of halogens is 2. The molecule has 0 aromatic heterocycles. The van der Waals surface area contributed by atoms with Gasteiger partial charge in [-0.25, -0.2) is 0 Å². The van der Waals surface area contributed by atoms with Gasteiger partial charge < -0.3 is 14.8 Å². The van der Waals surface area contributed by atoms with E-state index in [-0.39, 0.29) is 5.60 Å². The summed E-state index contributed by atoms with van der Waals surface area (Å²) in [5, 5.41) is 3.64. The minimum absolute atomic E-state index is 0.0519. The molecule has 1 N–H and O–H groups in total. The van der Waals surface area contributed by atoms with Crippen molar-refractivity contribution in [2.24, 2.45) is 0 Å². The molecule has 19 heavy (non-hydrogen) atoms. The van der Waals surface area contributed by atoms with Crippen LogP contribution in [0.4, 0.5) is 5.69 Å². The van der Waals surface area contributed by atoms with Crippen LogP contribution < -0.4 is 5.32 Å². The molecule has 2 aliphatic rings. The molecule has 104 valence electrons. The van der Waals surface area contributed by atoms with E-state index in [0.29, 0.717) is 6.04 Å². The van der Waals surface area contributed by atoms with Crippen molar-refractivity contribution in [1.29, 1.82) is 0 Å². The van der Waals surface area contributed by atoms with Gasteiger partial charge in [-0.3, -0.25) is 0 Å². The monoisotopic (exact) mass is 389 g/mol. The highest BCUT2D eigenvalue weighted by atomic mass is 79.9. The Bertz CT molecular complexity index is 441. The van der Waals surface area contributed by atoms with Crippen LogP contribution in [0.2, 0.25) is 0 Å². The lowest BCUT2D eigenvalue weighted by atomic mass is 9.89. The van der Waals surface area contributed by atoms with Crippen LogP contribution in [0.25, 0.3) is 0 Å². The van der Waals surface area contributed by atoms with Gasteiger partial charge in [0.05, 0.1) is 17.9 Å². The van der Waals surface area contributed by atoms with E-state index in [1.165, 1.54) is 0 Å². The van der Waals surface area contributed by atoms with Crippen LogP contribution in [0.3, 0.4) is 0 Å². The van der Waals surface area contributed by atoms with E-state index in [0.717, 1.165) is 53.7 Å². The van der Waals surface area contributed by atoms with Gasteiger partial charge in [0.1, 0.15) is 0 Å². The number of anilines is 1. The maximum Gasteiger partial charge on any atom is 0.0956 e. The van der Waals surface area contributed by atoms with Crippen LogP contribution >= 0.6 is 31.9 Å². The summed E-state index contributed by atoms with van der Waals surface area (Å²) < 4.78 is 13.7. The van der Waals surface area contributed by atoms with Crippen molar-refractivity contribution in [3.8, 4) is 0 Å². The van der Waals surface area contributed by atoms with Crippen molar-refractivity contribution in [2.75, 3.05) is 25.1 Å². The lowest BCUT2D eigenvalue weighted by molar-refractivity contribution is -0.0828. The van der Waals surface area contributed by atoms with Crippen LogP contribution in [0.15, 0.2) is 27.1 Å². The lowest BCUT2D eigenvalue weighted by Crippen LogP contribution is -2.45. The number of hydrogen-bond acceptors (Lipinski definition) is 3. The van der Waals surface area contributed by atoms with Gasteiger partial charge >= 0.3 is 0 Å². The smallest absolute Gasteiger partial charge is 0.0956 e. The number of ether oxygens (including phenoxy) is 2. The summed E-state index contributed by atoms with van der Waals surface area (Å²) in [5.74, 6) is 0. The van der Waals surface area contributed by atoms with Gasteiger partial charge in [0, 0.05) is 34.6 Å². The Morgan fingerprint density at radius 3 is 2.68 bits per heavy atom. The van der Waals surface area contributed by atoms with Crippen LogP contribution in [0.5, 0.6) is 0 Å². The molecular weight excluding hydrogens is 374 g/mol. The van der Waals surface area contributed by atoms with E-state index >= 15 is 0 Å². The predicted molar refractivity (Wildman–Crippen MR) is 82.6 cm³/mol. The molecule has 2 atom stereocenters. The van der Waals surface area contributed by atoms with E-state index in [1.54, 1.807) is 0 Å². The van der Waals surface area contributed by atoms with E-state index in [9.17, 15) is 0 Å². The number of benzene rings is 1. The summed E-state index contributed by atoms with van der Waals surface area (Å²) >= 11 is 7.20. The zero-order chi connectivity index (χ0) is 13.3. The molecule has 0 saturated carbocycles. The molecule has 1 aromatic carbocycles. The fraction of sp³-hybridized carbons (Fsp3) is 0.571. The molecule has 0 amide bonds. The third kappa shape index (κ3) is 2.99. The van der Waals surface area contributed by atoms with Crippen molar-refractivity contribution >= 4 is 37.5 Å². The Kier molecular flexibility index (Phi) is 4.17. The fourth-order valence-electron chi connectivity index (χ4n) is 2.85. The summed E-state index contributed by atoms with van der Waals surface area (Å²) in [5.41, 5.74) is 1.08. The fourth-order valence-corrected chi connectivity index (χ4v) is 4.08. The first-order chi connectivity index (χ1) is 9.19. The molecule has 1 aromatic rings. The van der Waals surface area contributed by atoms with E-state index in [2.05, 4.69) is 49.3 Å². The molecule has 2 fully saturated rings. The van der Waals surface area contributed by atoms with Gasteiger partial charge in [0.25, 0.3) is 0 Å². The highest BCUT2D eigenvalue weighted by molar-refractivity contribution is 9.11. The standard InChI is InChI=1S/C14H17Br2NO2/c15-11-2-1-3-12(16)13(11)17-10-4-6-19-14(8-10)5-7-18-9-14/h1-3,10,17H,4-9H2. The minimum Gasteiger partial charge on any atom is -0.380 e. The molecule has 0 aliphatic carbocycles. The summed E-state index contributed by atoms with van der Waals surface area (Å²) in [6.45, 7) is 2.37. The van der Waals surface area contributed by atoms with Gasteiger partial charge in [-0.1, -0.05) is 6.07 Å². The van der Waals surface area contributed by atoms with Gasteiger partial charge in [0.15, 0.2) is 0 Å². The Morgan fingerprint density at radius 1 is 1.21 bits per heavy atom. The first-order valence-electron chi connectivity index (χ1n) is 6.61. The van der Waals surface area contributed by atoms with E-state index < -0.39 is 0 Å². The SMILES string of the molecule is Brc1cccc(Br)c1NC1CCOC2(CCOC2)C1. The number of para-hydroxylation sites is 1. The average Bonchev–Trinajstić information content (AvgIpc) is 2.82. The summed E-state index contributed by atoms with van der Waals surface area (Å²) in [6.07, 6.45) is 3.07. The summed E-state index contributed by atoms with van der Waals surface area (Å²) in [6, 6.07) is 6.57. The van der Waals surface area contributed by atoms with E-state index in [1.807, 2.05) is 6.07 Å². The summed E-state index contributed by atoms with van der Waals surface area (Å²) in [7, 11) is 0. The second kappa shape index (κ2) is 5.72. The molecule has 3 rings (SSSR count). The minimum atomic E-state index is -0.0519. The normalized spacial score (nSPS) is 30.7.